The van der Waals surface area contributed by atoms with Gasteiger partial charge in [0.2, 0.25) is 0 Å². The van der Waals surface area contributed by atoms with Gasteiger partial charge in [0.15, 0.2) is 10.1 Å². The lowest BCUT2D eigenvalue weighted by molar-refractivity contribution is -0.131. The van der Waals surface area contributed by atoms with Crippen LogP contribution in [0.25, 0.3) is 0 Å². The quantitative estimate of drug-likeness (QED) is 0.597. The van der Waals surface area contributed by atoms with E-state index in [-0.39, 0.29) is 16.0 Å². The smallest absolute Gasteiger partial charge is 0.189 e. The number of rotatable bonds is 0. The molecule has 0 N–H and O–H groups in total. The van der Waals surface area contributed by atoms with Crippen molar-refractivity contribution in [3.8, 4) is 0 Å². The van der Waals surface area contributed by atoms with Gasteiger partial charge >= 0.3 is 0 Å². The Morgan fingerprint density at radius 3 is 2.20 bits per heavy atom. The van der Waals surface area contributed by atoms with Crippen molar-refractivity contribution in [3.05, 3.63) is 0 Å². The van der Waals surface area contributed by atoms with E-state index >= 15 is 0 Å². The van der Waals surface area contributed by atoms with E-state index in [1.165, 1.54) is 0 Å². The molecule has 0 radical (unpaired) electrons. The average Bonchev–Trinajstić information content (AvgIpc) is 2.65. The zero-order valence-corrected chi connectivity index (χ0v) is 8.13. The summed E-state index contributed by atoms with van der Waals surface area (Å²) in [5.41, 5.74) is -0.163. The predicted octanol–water partition coefficient (Wildman–Crippen LogP) is 2.29. The summed E-state index contributed by atoms with van der Waals surface area (Å²) in [6.07, 6.45) is 1.89. The lowest BCUT2D eigenvalue weighted by Crippen LogP contribution is -2.59. The highest BCUT2D eigenvalue weighted by Gasteiger charge is 2.75. The standard InChI is InChI=1S/C6H5BrCl2O/c7-3-5(1-2-5)4(10)6(3,8)9/h3H,1-2H2. The van der Waals surface area contributed by atoms with Gasteiger partial charge in [-0.25, -0.2) is 0 Å². The molecule has 0 aliphatic heterocycles. The average molecular weight is 244 g/mol. The molecule has 2 saturated carbocycles. The van der Waals surface area contributed by atoms with E-state index in [4.69, 9.17) is 23.2 Å². The van der Waals surface area contributed by atoms with E-state index in [2.05, 4.69) is 15.9 Å². The third-order valence-corrected chi connectivity index (χ3v) is 5.22. The Morgan fingerprint density at radius 2 is 2.00 bits per heavy atom. The van der Waals surface area contributed by atoms with Gasteiger partial charge < -0.3 is 0 Å². The van der Waals surface area contributed by atoms with Crippen LogP contribution in [0.15, 0.2) is 0 Å². The van der Waals surface area contributed by atoms with Crippen LogP contribution >= 0.6 is 39.1 Å². The van der Waals surface area contributed by atoms with Crippen LogP contribution in [0.5, 0.6) is 0 Å². The van der Waals surface area contributed by atoms with Crippen molar-refractivity contribution < 1.29 is 4.79 Å². The van der Waals surface area contributed by atoms with Crippen LogP contribution in [0, 0.1) is 5.41 Å². The number of alkyl halides is 3. The Hall–Kier alpha value is 0.730. The summed E-state index contributed by atoms with van der Waals surface area (Å²) in [4.78, 5) is 11.2. The van der Waals surface area contributed by atoms with Crippen LogP contribution in [-0.4, -0.2) is 14.9 Å². The first-order chi connectivity index (χ1) is 4.52. The first-order valence-electron chi connectivity index (χ1n) is 3.08. The summed E-state index contributed by atoms with van der Waals surface area (Å²) in [5, 5.41) is 0. The largest absolute Gasteiger partial charge is 0.296 e. The van der Waals surface area contributed by atoms with Crippen LogP contribution in [0.1, 0.15) is 12.8 Å². The molecule has 2 aliphatic carbocycles. The van der Waals surface area contributed by atoms with Gasteiger partial charge in [0.05, 0.1) is 4.83 Å². The second-order valence-corrected chi connectivity index (χ2v) is 5.27. The highest BCUT2D eigenvalue weighted by molar-refractivity contribution is 9.09. The Morgan fingerprint density at radius 1 is 1.50 bits per heavy atom. The van der Waals surface area contributed by atoms with Crippen molar-refractivity contribution in [3.63, 3.8) is 0 Å². The fourth-order valence-electron chi connectivity index (χ4n) is 1.45. The van der Waals surface area contributed by atoms with Gasteiger partial charge in [-0.3, -0.25) is 4.79 Å². The van der Waals surface area contributed by atoms with Gasteiger partial charge in [0.25, 0.3) is 0 Å². The minimum Gasteiger partial charge on any atom is -0.296 e. The number of halogens is 3. The zero-order chi connectivity index (χ0) is 7.57. The molecule has 2 rings (SSSR count). The highest BCUT2D eigenvalue weighted by Crippen LogP contribution is 2.68. The Balaban J connectivity index is 2.29. The predicted molar refractivity (Wildman–Crippen MR) is 43.8 cm³/mol. The van der Waals surface area contributed by atoms with E-state index in [1.807, 2.05) is 0 Å². The second kappa shape index (κ2) is 1.73. The number of carbonyl (C=O) groups is 1. The molecule has 1 nitrogen and oxygen atoms in total. The normalized spacial score (nSPS) is 39.5. The first-order valence-corrected chi connectivity index (χ1v) is 4.76. The summed E-state index contributed by atoms with van der Waals surface area (Å²) in [6.45, 7) is 0. The van der Waals surface area contributed by atoms with Crippen molar-refractivity contribution in [1.29, 1.82) is 0 Å². The van der Waals surface area contributed by atoms with E-state index < -0.39 is 4.33 Å². The van der Waals surface area contributed by atoms with Crippen molar-refractivity contribution in [1.82, 2.24) is 0 Å². The maximum atomic E-state index is 11.2. The molecule has 1 unspecified atom stereocenters. The minimum atomic E-state index is -1.14. The Kier molecular flexibility index (Phi) is 1.27. The molecule has 2 aliphatic rings. The SMILES string of the molecule is O=C1C(Cl)(Cl)C(Br)C12CC2. The summed E-state index contributed by atoms with van der Waals surface area (Å²) < 4.78 is -1.14. The summed E-state index contributed by atoms with van der Waals surface area (Å²) in [5.74, 6) is 0.00482. The first kappa shape index (κ1) is 7.38. The molecular weight excluding hydrogens is 239 g/mol. The van der Waals surface area contributed by atoms with Crippen molar-refractivity contribution in [2.45, 2.75) is 22.0 Å². The molecule has 4 heteroatoms. The number of carbonyl (C=O) groups excluding carboxylic acids is 1. The third kappa shape index (κ3) is 0.590. The summed E-state index contributed by atoms with van der Waals surface area (Å²) >= 11 is 14.7. The third-order valence-electron chi connectivity index (χ3n) is 2.35. The monoisotopic (exact) mass is 242 g/mol. The van der Waals surface area contributed by atoms with Crippen LogP contribution in [0.4, 0.5) is 0 Å². The van der Waals surface area contributed by atoms with Gasteiger partial charge in [0.1, 0.15) is 0 Å². The maximum Gasteiger partial charge on any atom is 0.189 e. The van der Waals surface area contributed by atoms with Gasteiger partial charge in [0, 0.05) is 5.41 Å². The van der Waals surface area contributed by atoms with Crippen LogP contribution in [0.3, 0.4) is 0 Å². The molecule has 0 heterocycles. The lowest BCUT2D eigenvalue weighted by atomic mass is 9.79. The van der Waals surface area contributed by atoms with Gasteiger partial charge in [-0.15, -0.1) is 0 Å². The molecule has 1 spiro atoms. The molecule has 10 heavy (non-hydrogen) atoms. The molecule has 0 amide bonds. The minimum absolute atomic E-state index is 0.00482. The summed E-state index contributed by atoms with van der Waals surface area (Å²) in [7, 11) is 0. The Bertz CT molecular complexity index is 202. The topological polar surface area (TPSA) is 17.1 Å². The highest BCUT2D eigenvalue weighted by atomic mass is 79.9. The summed E-state index contributed by atoms with van der Waals surface area (Å²) in [6, 6.07) is 0. The Labute approximate surface area is 77.2 Å². The molecule has 2 fully saturated rings. The van der Waals surface area contributed by atoms with Gasteiger partial charge in [-0.2, -0.15) is 0 Å². The van der Waals surface area contributed by atoms with E-state index in [0.29, 0.717) is 0 Å². The van der Waals surface area contributed by atoms with Crippen molar-refractivity contribution >= 4 is 44.9 Å². The van der Waals surface area contributed by atoms with Gasteiger partial charge in [-0.05, 0) is 12.8 Å². The van der Waals surface area contributed by atoms with E-state index in [0.717, 1.165) is 12.8 Å². The lowest BCUT2D eigenvalue weighted by Gasteiger charge is -2.42. The van der Waals surface area contributed by atoms with Crippen molar-refractivity contribution in [2.75, 3.05) is 0 Å². The van der Waals surface area contributed by atoms with Gasteiger partial charge in [-0.1, -0.05) is 39.1 Å². The number of hydrogen-bond donors (Lipinski definition) is 0. The van der Waals surface area contributed by atoms with Crippen LogP contribution in [-0.2, 0) is 4.79 Å². The zero-order valence-electron chi connectivity index (χ0n) is 5.03. The van der Waals surface area contributed by atoms with E-state index in [9.17, 15) is 4.79 Å². The second-order valence-electron chi connectivity index (χ2n) is 2.97. The number of ketones is 1. The molecular formula is C6H5BrCl2O. The van der Waals surface area contributed by atoms with Crippen LogP contribution < -0.4 is 0 Å². The molecule has 1 atom stereocenters. The van der Waals surface area contributed by atoms with E-state index in [1.54, 1.807) is 0 Å². The fourth-order valence-corrected chi connectivity index (χ4v) is 3.11. The van der Waals surface area contributed by atoms with Crippen LogP contribution in [0.2, 0.25) is 0 Å². The van der Waals surface area contributed by atoms with Crippen molar-refractivity contribution in [2.24, 2.45) is 5.41 Å². The molecule has 0 bridgehead atoms. The maximum absolute atomic E-state index is 11.2. The molecule has 0 saturated heterocycles. The molecule has 56 valence electrons. The number of hydrogen-bond acceptors (Lipinski definition) is 1. The molecule has 0 aromatic rings. The fraction of sp³-hybridized carbons (Fsp3) is 0.833. The molecule has 0 aromatic carbocycles. The molecule has 0 aromatic heterocycles. The number of Topliss-reactive ketones (excluding diaryl/α,β-unsaturated/α-hetero) is 1.